The van der Waals surface area contributed by atoms with Gasteiger partial charge in [0.1, 0.15) is 0 Å². The Labute approximate surface area is 150 Å². The van der Waals surface area contributed by atoms with E-state index < -0.39 is 15.9 Å². The lowest BCUT2D eigenvalue weighted by Crippen LogP contribution is -2.12. The van der Waals surface area contributed by atoms with Crippen molar-refractivity contribution in [3.8, 4) is 10.4 Å². The van der Waals surface area contributed by atoms with Crippen molar-refractivity contribution in [3.05, 3.63) is 71.1 Å². The van der Waals surface area contributed by atoms with E-state index in [4.69, 9.17) is 5.73 Å². The van der Waals surface area contributed by atoms with Crippen molar-refractivity contribution < 1.29 is 13.2 Å². The number of aryl methyl sites for hydroxylation is 1. The van der Waals surface area contributed by atoms with Crippen LogP contribution in [0.4, 0.5) is 5.69 Å². The Kier molecular flexibility index (Phi) is 4.61. The second-order valence-corrected chi connectivity index (χ2v) is 8.15. The van der Waals surface area contributed by atoms with Gasteiger partial charge in [-0.1, -0.05) is 29.8 Å². The highest BCUT2D eigenvalue weighted by Gasteiger charge is 2.15. The van der Waals surface area contributed by atoms with Crippen LogP contribution in [0.3, 0.4) is 0 Å². The van der Waals surface area contributed by atoms with Crippen LogP contribution in [0.25, 0.3) is 10.4 Å². The first-order valence-electron chi connectivity index (χ1n) is 7.43. The van der Waals surface area contributed by atoms with E-state index in [0.717, 1.165) is 16.0 Å². The Hall–Kier alpha value is -2.64. The molecule has 1 aromatic heterocycles. The van der Waals surface area contributed by atoms with E-state index in [1.165, 1.54) is 11.3 Å². The summed E-state index contributed by atoms with van der Waals surface area (Å²) in [7, 11) is -3.62. The topological polar surface area (TPSA) is 89.3 Å². The number of hydrogen-bond donors (Lipinski definition) is 2. The van der Waals surface area contributed by atoms with Gasteiger partial charge in [0.2, 0.25) is 5.91 Å². The third-order valence-corrected chi connectivity index (χ3v) is 6.01. The number of amides is 1. The first-order valence-corrected chi connectivity index (χ1v) is 9.80. The van der Waals surface area contributed by atoms with Crippen LogP contribution in [0, 0.1) is 6.92 Å². The summed E-state index contributed by atoms with van der Waals surface area (Å²) in [5.41, 5.74) is 8.04. The summed E-state index contributed by atoms with van der Waals surface area (Å²) in [5.74, 6) is -0.482. The van der Waals surface area contributed by atoms with Crippen LogP contribution in [0.15, 0.2) is 64.9 Å². The lowest BCUT2D eigenvalue weighted by atomic mass is 10.1. The number of benzene rings is 2. The molecule has 0 spiro atoms. The lowest BCUT2D eigenvalue weighted by Gasteiger charge is -2.06. The zero-order valence-electron chi connectivity index (χ0n) is 13.4. The highest BCUT2D eigenvalue weighted by Crippen LogP contribution is 2.31. The quantitative estimate of drug-likeness (QED) is 0.717. The molecule has 0 radical (unpaired) electrons. The van der Waals surface area contributed by atoms with Crippen molar-refractivity contribution in [1.82, 2.24) is 0 Å². The van der Waals surface area contributed by atoms with Gasteiger partial charge in [-0.25, -0.2) is 8.42 Å². The normalized spacial score (nSPS) is 11.2. The molecule has 0 aliphatic rings. The summed E-state index contributed by atoms with van der Waals surface area (Å²) in [4.78, 5) is 12.2. The monoisotopic (exact) mass is 372 g/mol. The molecule has 3 N–H and O–H groups in total. The van der Waals surface area contributed by atoms with Crippen molar-refractivity contribution in [2.75, 3.05) is 4.72 Å². The SMILES string of the molecule is Cc1ccc(S(=O)(=O)Nc2csc(-c3ccc(C(N)=O)cc3)c2)cc1. The fourth-order valence-corrected chi connectivity index (χ4v) is 4.23. The first kappa shape index (κ1) is 17.2. The Bertz CT molecular complexity index is 1010. The highest BCUT2D eigenvalue weighted by atomic mass is 32.2. The van der Waals surface area contributed by atoms with Gasteiger partial charge in [-0.3, -0.25) is 9.52 Å². The molecule has 0 atom stereocenters. The van der Waals surface area contributed by atoms with E-state index in [9.17, 15) is 13.2 Å². The van der Waals surface area contributed by atoms with Crippen LogP contribution in [0.2, 0.25) is 0 Å². The summed E-state index contributed by atoms with van der Waals surface area (Å²) in [6.07, 6.45) is 0. The van der Waals surface area contributed by atoms with Gasteiger partial charge in [-0.2, -0.15) is 0 Å². The molecular weight excluding hydrogens is 356 g/mol. The van der Waals surface area contributed by atoms with Crippen LogP contribution >= 0.6 is 11.3 Å². The van der Waals surface area contributed by atoms with Gasteiger partial charge in [-0.15, -0.1) is 11.3 Å². The molecule has 0 fully saturated rings. The number of carbonyl (C=O) groups is 1. The molecule has 0 unspecified atom stereocenters. The maximum atomic E-state index is 12.4. The van der Waals surface area contributed by atoms with E-state index in [0.29, 0.717) is 11.3 Å². The van der Waals surface area contributed by atoms with E-state index in [1.807, 2.05) is 6.92 Å². The second-order valence-electron chi connectivity index (χ2n) is 5.56. The predicted molar refractivity (Wildman–Crippen MR) is 100 cm³/mol. The molecular formula is C18H16N2O3S2. The average molecular weight is 372 g/mol. The van der Waals surface area contributed by atoms with Gasteiger partial charge < -0.3 is 5.73 Å². The van der Waals surface area contributed by atoms with Crippen molar-refractivity contribution in [2.45, 2.75) is 11.8 Å². The molecule has 3 rings (SSSR count). The largest absolute Gasteiger partial charge is 0.366 e. The minimum Gasteiger partial charge on any atom is -0.366 e. The number of nitrogens with two attached hydrogens (primary N) is 1. The molecule has 1 heterocycles. The minimum atomic E-state index is -3.62. The maximum absolute atomic E-state index is 12.4. The van der Waals surface area contributed by atoms with Crippen LogP contribution in [-0.2, 0) is 10.0 Å². The molecule has 2 aromatic carbocycles. The number of hydrogen-bond acceptors (Lipinski definition) is 4. The molecule has 3 aromatic rings. The molecule has 0 bridgehead atoms. The van der Waals surface area contributed by atoms with Gasteiger partial charge in [-0.05, 0) is 42.8 Å². The molecule has 0 aliphatic carbocycles. The summed E-state index contributed by atoms with van der Waals surface area (Å²) >= 11 is 1.41. The van der Waals surface area contributed by atoms with Gasteiger partial charge >= 0.3 is 0 Å². The van der Waals surface area contributed by atoms with Gasteiger partial charge in [0.25, 0.3) is 10.0 Å². The third-order valence-electron chi connectivity index (χ3n) is 3.64. The number of primary amides is 1. The standard InChI is InChI=1S/C18H16N2O3S2/c1-12-2-8-16(9-3-12)25(22,23)20-15-10-17(24-11-15)13-4-6-14(7-5-13)18(19)21/h2-11,20H,1H3,(H2,19,21). The molecule has 1 amide bonds. The van der Waals surface area contributed by atoms with Crippen molar-refractivity contribution in [3.63, 3.8) is 0 Å². The molecule has 0 saturated carbocycles. The summed E-state index contributed by atoms with van der Waals surface area (Å²) < 4.78 is 27.4. The van der Waals surface area contributed by atoms with Gasteiger partial charge in [0.05, 0.1) is 10.6 Å². The third kappa shape index (κ3) is 3.89. The van der Waals surface area contributed by atoms with Crippen LogP contribution in [0.5, 0.6) is 0 Å². The Morgan fingerprint density at radius 2 is 1.68 bits per heavy atom. The molecule has 7 heteroatoms. The van der Waals surface area contributed by atoms with Crippen LogP contribution in [-0.4, -0.2) is 14.3 Å². The smallest absolute Gasteiger partial charge is 0.261 e. The average Bonchev–Trinajstić information content (AvgIpc) is 3.03. The van der Waals surface area contributed by atoms with E-state index >= 15 is 0 Å². The van der Waals surface area contributed by atoms with Gasteiger partial charge in [0, 0.05) is 15.8 Å². The predicted octanol–water partition coefficient (Wildman–Crippen LogP) is 3.62. The Balaban J connectivity index is 1.81. The number of anilines is 1. The van der Waals surface area contributed by atoms with Crippen LogP contribution < -0.4 is 10.5 Å². The fourth-order valence-electron chi connectivity index (χ4n) is 2.27. The van der Waals surface area contributed by atoms with Crippen molar-refractivity contribution in [1.29, 1.82) is 0 Å². The summed E-state index contributed by atoms with van der Waals surface area (Å²) in [6.45, 7) is 1.90. The first-order chi connectivity index (χ1) is 11.8. The minimum absolute atomic E-state index is 0.219. The van der Waals surface area contributed by atoms with E-state index in [-0.39, 0.29) is 4.90 Å². The van der Waals surface area contributed by atoms with Gasteiger partial charge in [0.15, 0.2) is 0 Å². The number of nitrogens with one attached hydrogen (secondary N) is 1. The molecule has 0 saturated heterocycles. The lowest BCUT2D eigenvalue weighted by molar-refractivity contribution is 0.100. The number of rotatable bonds is 5. The molecule has 128 valence electrons. The zero-order chi connectivity index (χ0) is 18.0. The Morgan fingerprint density at radius 1 is 1.04 bits per heavy atom. The number of sulfonamides is 1. The molecule has 0 aliphatic heterocycles. The number of carbonyl (C=O) groups excluding carboxylic acids is 1. The zero-order valence-corrected chi connectivity index (χ0v) is 15.0. The van der Waals surface area contributed by atoms with Crippen LogP contribution in [0.1, 0.15) is 15.9 Å². The van der Waals surface area contributed by atoms with Crippen molar-refractivity contribution >= 4 is 33.0 Å². The van der Waals surface area contributed by atoms with E-state index in [1.54, 1.807) is 60.0 Å². The maximum Gasteiger partial charge on any atom is 0.261 e. The highest BCUT2D eigenvalue weighted by molar-refractivity contribution is 7.92. The summed E-state index contributed by atoms with van der Waals surface area (Å²) in [5, 5.41) is 1.74. The molecule has 5 nitrogen and oxygen atoms in total. The van der Waals surface area contributed by atoms with E-state index in [2.05, 4.69) is 4.72 Å². The fraction of sp³-hybridized carbons (Fsp3) is 0.0556. The Morgan fingerprint density at radius 3 is 2.28 bits per heavy atom. The second kappa shape index (κ2) is 6.70. The molecule has 25 heavy (non-hydrogen) atoms. The number of thiophene rings is 1. The summed E-state index contributed by atoms with van der Waals surface area (Å²) in [6, 6.07) is 15.3. The van der Waals surface area contributed by atoms with Crippen molar-refractivity contribution in [2.24, 2.45) is 5.73 Å².